The Hall–Kier alpha value is -2.50. The second-order valence-corrected chi connectivity index (χ2v) is 4.11. The minimum Gasteiger partial charge on any atom is -0.493 e. The molecule has 0 spiro atoms. The molecular formula is C14H15NO5. The van der Waals surface area contributed by atoms with Gasteiger partial charge in [0.05, 0.1) is 26.3 Å². The number of ether oxygens (including phenoxy) is 2. The number of carboxylic acids is 1. The van der Waals surface area contributed by atoms with Gasteiger partial charge >= 0.3 is 5.97 Å². The first-order chi connectivity index (χ1) is 9.63. The molecule has 2 rings (SSSR count). The van der Waals surface area contributed by atoms with Gasteiger partial charge in [-0.2, -0.15) is 0 Å². The number of aliphatic carboxylic acids is 1. The zero-order valence-corrected chi connectivity index (χ0v) is 11.3. The second kappa shape index (κ2) is 6.10. The predicted molar refractivity (Wildman–Crippen MR) is 71.0 cm³/mol. The fourth-order valence-electron chi connectivity index (χ4n) is 1.76. The fraction of sp³-hybridized carbons (Fsp3) is 0.286. The number of methoxy groups -OCH3 is 2. The van der Waals surface area contributed by atoms with Crippen molar-refractivity contribution in [3.05, 3.63) is 30.2 Å². The summed E-state index contributed by atoms with van der Waals surface area (Å²) in [5.41, 5.74) is 1.35. The third-order valence-electron chi connectivity index (χ3n) is 2.78. The first-order valence-electron chi connectivity index (χ1n) is 6.02. The molecule has 1 heterocycles. The van der Waals surface area contributed by atoms with Crippen LogP contribution in [-0.2, 0) is 11.2 Å². The van der Waals surface area contributed by atoms with Gasteiger partial charge in [0, 0.05) is 12.0 Å². The van der Waals surface area contributed by atoms with E-state index in [2.05, 4.69) is 4.98 Å². The maximum atomic E-state index is 10.5. The van der Waals surface area contributed by atoms with Crippen LogP contribution in [0.2, 0.25) is 0 Å². The number of rotatable bonds is 6. The Kier molecular flexibility index (Phi) is 4.24. The summed E-state index contributed by atoms with van der Waals surface area (Å²) < 4.78 is 15.7. The number of oxazole rings is 1. The van der Waals surface area contributed by atoms with Crippen LogP contribution in [-0.4, -0.2) is 30.3 Å². The highest BCUT2D eigenvalue weighted by Crippen LogP contribution is 2.31. The molecule has 1 N–H and O–H groups in total. The molecule has 6 nitrogen and oxygen atoms in total. The molecule has 0 atom stereocenters. The topological polar surface area (TPSA) is 81.8 Å². The molecule has 0 unspecified atom stereocenters. The average molecular weight is 277 g/mol. The zero-order chi connectivity index (χ0) is 14.5. The van der Waals surface area contributed by atoms with E-state index in [1.807, 2.05) is 0 Å². The lowest BCUT2D eigenvalue weighted by molar-refractivity contribution is -0.136. The molecule has 0 fully saturated rings. The quantitative estimate of drug-likeness (QED) is 0.873. The summed E-state index contributed by atoms with van der Waals surface area (Å²) in [4.78, 5) is 14.8. The maximum Gasteiger partial charge on any atom is 0.303 e. The van der Waals surface area contributed by atoms with Gasteiger partial charge in [-0.15, -0.1) is 0 Å². The van der Waals surface area contributed by atoms with Crippen LogP contribution < -0.4 is 9.47 Å². The van der Waals surface area contributed by atoms with Crippen LogP contribution in [0.3, 0.4) is 0 Å². The van der Waals surface area contributed by atoms with Crippen LogP contribution in [0.5, 0.6) is 11.5 Å². The summed E-state index contributed by atoms with van der Waals surface area (Å²) in [6, 6.07) is 5.31. The van der Waals surface area contributed by atoms with Crippen molar-refractivity contribution in [1.82, 2.24) is 4.98 Å². The van der Waals surface area contributed by atoms with Gasteiger partial charge in [0.1, 0.15) is 6.26 Å². The first-order valence-corrected chi connectivity index (χ1v) is 6.02. The Labute approximate surface area is 116 Å². The maximum absolute atomic E-state index is 10.5. The fourth-order valence-corrected chi connectivity index (χ4v) is 1.76. The first kappa shape index (κ1) is 13.9. The van der Waals surface area contributed by atoms with E-state index in [9.17, 15) is 4.79 Å². The number of hydrogen-bond acceptors (Lipinski definition) is 5. The van der Waals surface area contributed by atoms with E-state index >= 15 is 0 Å². The molecule has 0 aliphatic rings. The molecule has 0 amide bonds. The molecule has 0 aliphatic heterocycles. The van der Waals surface area contributed by atoms with Crippen molar-refractivity contribution in [1.29, 1.82) is 0 Å². The highest BCUT2D eigenvalue weighted by Gasteiger charge is 2.11. The number of nitrogens with zero attached hydrogens (tertiary/aromatic N) is 1. The normalized spacial score (nSPS) is 10.3. The molecule has 106 valence electrons. The molecule has 0 bridgehead atoms. The standard InChI is InChI=1S/C14H15NO5/c1-18-11-5-3-9(7-12(11)19-2)14-15-10(8-20-14)4-6-13(16)17/h3,5,7-8H,4,6H2,1-2H3,(H,16,17). The lowest BCUT2D eigenvalue weighted by Gasteiger charge is -2.07. The molecule has 0 aliphatic carbocycles. The van der Waals surface area contributed by atoms with E-state index in [-0.39, 0.29) is 6.42 Å². The Morgan fingerprint density at radius 3 is 2.70 bits per heavy atom. The highest BCUT2D eigenvalue weighted by molar-refractivity contribution is 5.67. The molecule has 6 heteroatoms. The number of benzene rings is 1. The van der Waals surface area contributed by atoms with Crippen LogP contribution in [0, 0.1) is 0 Å². The molecule has 0 saturated heterocycles. The van der Waals surface area contributed by atoms with Crippen molar-refractivity contribution >= 4 is 5.97 Å². The molecule has 1 aromatic carbocycles. The van der Waals surface area contributed by atoms with Gasteiger partial charge in [0.2, 0.25) is 5.89 Å². The van der Waals surface area contributed by atoms with E-state index in [4.69, 9.17) is 19.0 Å². The Morgan fingerprint density at radius 2 is 2.05 bits per heavy atom. The lowest BCUT2D eigenvalue weighted by atomic mass is 10.2. The Bertz CT molecular complexity index is 605. The van der Waals surface area contributed by atoms with Gasteiger partial charge in [0.15, 0.2) is 11.5 Å². The second-order valence-electron chi connectivity index (χ2n) is 4.11. The molecule has 0 radical (unpaired) electrons. The number of carboxylic acid groups (broad SMARTS) is 1. The molecule has 20 heavy (non-hydrogen) atoms. The summed E-state index contributed by atoms with van der Waals surface area (Å²) in [7, 11) is 3.11. The van der Waals surface area contributed by atoms with Crippen LogP contribution in [0.15, 0.2) is 28.9 Å². The van der Waals surface area contributed by atoms with E-state index in [1.165, 1.54) is 6.26 Å². The van der Waals surface area contributed by atoms with Gasteiger partial charge < -0.3 is 19.0 Å². The minimum absolute atomic E-state index is 0.0257. The van der Waals surface area contributed by atoms with Gasteiger partial charge in [-0.3, -0.25) is 4.79 Å². The number of aromatic nitrogens is 1. The summed E-state index contributed by atoms with van der Waals surface area (Å²) in [6.45, 7) is 0. The zero-order valence-electron chi connectivity index (χ0n) is 11.3. The van der Waals surface area contributed by atoms with Gasteiger partial charge in [-0.1, -0.05) is 0 Å². The van der Waals surface area contributed by atoms with Crippen molar-refractivity contribution in [2.45, 2.75) is 12.8 Å². The van der Waals surface area contributed by atoms with Crippen LogP contribution in [0.4, 0.5) is 0 Å². The van der Waals surface area contributed by atoms with Crippen molar-refractivity contribution in [2.24, 2.45) is 0 Å². The van der Waals surface area contributed by atoms with Crippen LogP contribution >= 0.6 is 0 Å². The highest BCUT2D eigenvalue weighted by atomic mass is 16.5. The van der Waals surface area contributed by atoms with Crippen molar-refractivity contribution in [2.75, 3.05) is 14.2 Å². The smallest absolute Gasteiger partial charge is 0.303 e. The van der Waals surface area contributed by atoms with Crippen molar-refractivity contribution < 1.29 is 23.8 Å². The van der Waals surface area contributed by atoms with Crippen LogP contribution in [0.25, 0.3) is 11.5 Å². The third-order valence-corrected chi connectivity index (χ3v) is 2.78. The SMILES string of the molecule is COc1ccc(-c2nc(CCC(=O)O)co2)cc1OC. The van der Waals surface area contributed by atoms with E-state index in [1.54, 1.807) is 32.4 Å². The van der Waals surface area contributed by atoms with Gasteiger partial charge in [-0.05, 0) is 18.2 Å². The van der Waals surface area contributed by atoms with Gasteiger partial charge in [-0.25, -0.2) is 4.98 Å². The van der Waals surface area contributed by atoms with E-state index < -0.39 is 5.97 Å². The van der Waals surface area contributed by atoms with E-state index in [0.29, 0.717) is 29.5 Å². The lowest BCUT2D eigenvalue weighted by Crippen LogP contribution is -1.97. The number of hydrogen-bond donors (Lipinski definition) is 1. The monoisotopic (exact) mass is 277 g/mol. The largest absolute Gasteiger partial charge is 0.493 e. The van der Waals surface area contributed by atoms with E-state index in [0.717, 1.165) is 5.56 Å². The number of carbonyl (C=O) groups is 1. The predicted octanol–water partition coefficient (Wildman–Crippen LogP) is 2.38. The minimum atomic E-state index is -0.860. The Balaban J connectivity index is 2.21. The summed E-state index contributed by atoms with van der Waals surface area (Å²) in [5.74, 6) is 0.760. The summed E-state index contributed by atoms with van der Waals surface area (Å²) in [5, 5.41) is 8.64. The summed E-state index contributed by atoms with van der Waals surface area (Å²) in [6.07, 6.45) is 1.83. The van der Waals surface area contributed by atoms with Crippen LogP contribution in [0.1, 0.15) is 12.1 Å². The average Bonchev–Trinajstić information content (AvgIpc) is 2.93. The third kappa shape index (κ3) is 3.09. The van der Waals surface area contributed by atoms with Crippen molar-refractivity contribution in [3.8, 4) is 23.0 Å². The van der Waals surface area contributed by atoms with Crippen molar-refractivity contribution in [3.63, 3.8) is 0 Å². The van der Waals surface area contributed by atoms with Gasteiger partial charge in [0.25, 0.3) is 0 Å². The molecule has 2 aromatic rings. The number of aryl methyl sites for hydroxylation is 1. The molecular weight excluding hydrogens is 262 g/mol. The molecule has 0 saturated carbocycles. The summed E-state index contributed by atoms with van der Waals surface area (Å²) >= 11 is 0. The molecule has 1 aromatic heterocycles. The Morgan fingerprint density at radius 1 is 1.30 bits per heavy atom.